The molecule has 188 valence electrons. The van der Waals surface area contributed by atoms with Gasteiger partial charge in [0.05, 0.1) is 11.8 Å². The summed E-state index contributed by atoms with van der Waals surface area (Å²) in [5, 5.41) is 20.3. The third-order valence-corrected chi connectivity index (χ3v) is 8.13. The third kappa shape index (κ3) is 4.21. The molecule has 0 saturated heterocycles. The van der Waals surface area contributed by atoms with Crippen LogP contribution in [0.4, 0.5) is 0 Å². The highest BCUT2D eigenvalue weighted by atomic mass is 16.2. The zero-order chi connectivity index (χ0) is 25.8. The number of carbonyl (C=O) groups is 2. The minimum absolute atomic E-state index is 0.0222. The van der Waals surface area contributed by atoms with E-state index in [9.17, 15) is 14.9 Å². The van der Waals surface area contributed by atoms with E-state index in [-0.39, 0.29) is 17.2 Å². The molecule has 0 unspecified atom stereocenters. The van der Waals surface area contributed by atoms with Crippen LogP contribution < -0.4 is 5.32 Å². The molecular weight excluding hydrogens is 462 g/mol. The molecule has 0 atom stereocenters. The van der Waals surface area contributed by atoms with Crippen LogP contribution in [0.3, 0.4) is 0 Å². The van der Waals surface area contributed by atoms with Crippen molar-refractivity contribution in [1.29, 1.82) is 5.26 Å². The predicted molar refractivity (Wildman–Crippen MR) is 140 cm³/mol. The minimum atomic E-state index is -0.742. The molecule has 1 fully saturated rings. The molecule has 6 rings (SSSR count). The second-order valence-electron chi connectivity index (χ2n) is 11.6. The number of fused-ring (bicyclic) bond motifs is 2. The smallest absolute Gasteiger partial charge is 0.254 e. The average Bonchev–Trinajstić information content (AvgIpc) is 3.63. The van der Waals surface area contributed by atoms with Gasteiger partial charge in [0.25, 0.3) is 11.8 Å². The number of hydrogen-bond donors (Lipinski definition) is 2. The van der Waals surface area contributed by atoms with E-state index in [1.54, 1.807) is 12.1 Å². The molecule has 1 aromatic heterocycles. The summed E-state index contributed by atoms with van der Waals surface area (Å²) < 4.78 is 0. The van der Waals surface area contributed by atoms with Crippen LogP contribution in [0.25, 0.3) is 11.3 Å². The highest BCUT2D eigenvalue weighted by molar-refractivity contribution is 5.99. The minimum Gasteiger partial charge on any atom is -0.334 e. The van der Waals surface area contributed by atoms with Crippen LogP contribution in [-0.2, 0) is 25.9 Å². The van der Waals surface area contributed by atoms with Crippen molar-refractivity contribution < 1.29 is 9.59 Å². The second kappa shape index (κ2) is 8.58. The number of aromatic amines is 1. The number of amides is 2. The summed E-state index contributed by atoms with van der Waals surface area (Å²) in [6.45, 7) is 5.58. The lowest BCUT2D eigenvalue weighted by Crippen LogP contribution is -2.45. The summed E-state index contributed by atoms with van der Waals surface area (Å²) >= 11 is 0. The average molecular weight is 494 g/mol. The van der Waals surface area contributed by atoms with Gasteiger partial charge in [0.1, 0.15) is 5.54 Å². The van der Waals surface area contributed by atoms with Crippen LogP contribution in [0.1, 0.15) is 82.6 Å². The van der Waals surface area contributed by atoms with E-state index >= 15 is 0 Å². The van der Waals surface area contributed by atoms with Gasteiger partial charge in [-0.2, -0.15) is 10.4 Å². The van der Waals surface area contributed by atoms with E-state index in [1.165, 1.54) is 11.3 Å². The fourth-order valence-electron chi connectivity index (χ4n) is 6.17. The first-order valence-corrected chi connectivity index (χ1v) is 13.1. The van der Waals surface area contributed by atoms with Crippen molar-refractivity contribution in [3.63, 3.8) is 0 Å². The summed E-state index contributed by atoms with van der Waals surface area (Å²) in [7, 11) is 0. The Hall–Kier alpha value is -3.92. The molecule has 2 amide bonds. The van der Waals surface area contributed by atoms with E-state index in [4.69, 9.17) is 0 Å². The number of nitrogens with zero attached hydrogens (tertiary/aromatic N) is 3. The standard InChI is InChI=1S/C30H31N5O2/c1-29(2)14-24-25(15-29)33-34-26(24)21-9-10-23-22(13-21)17-35(28(23)37)16-19-5-7-20(8-6-19)27(36)32-30(18-31)11-3-4-12-30/h5-10,13H,3-4,11-12,14-17H2,1-2H3,(H,32,36)(H,33,34). The number of H-pyrrole nitrogens is 1. The van der Waals surface area contributed by atoms with Gasteiger partial charge in [0.15, 0.2) is 0 Å². The number of aromatic nitrogens is 2. The molecule has 2 heterocycles. The van der Waals surface area contributed by atoms with Crippen molar-refractivity contribution in [2.24, 2.45) is 5.41 Å². The van der Waals surface area contributed by atoms with Gasteiger partial charge < -0.3 is 10.2 Å². The Bertz CT molecular complexity index is 1440. The lowest BCUT2D eigenvalue weighted by atomic mass is 9.90. The Morgan fingerprint density at radius 2 is 1.89 bits per heavy atom. The molecule has 0 spiro atoms. The van der Waals surface area contributed by atoms with Gasteiger partial charge in [-0.25, -0.2) is 0 Å². The number of carbonyl (C=O) groups excluding carboxylic acids is 2. The Kier molecular flexibility index (Phi) is 5.45. The molecule has 37 heavy (non-hydrogen) atoms. The van der Waals surface area contributed by atoms with E-state index in [0.717, 1.165) is 53.6 Å². The maximum absolute atomic E-state index is 13.1. The Morgan fingerprint density at radius 1 is 1.14 bits per heavy atom. The molecule has 7 nitrogen and oxygen atoms in total. The quantitative estimate of drug-likeness (QED) is 0.526. The van der Waals surface area contributed by atoms with Gasteiger partial charge in [-0.3, -0.25) is 14.7 Å². The summed E-state index contributed by atoms with van der Waals surface area (Å²) in [6, 6.07) is 15.7. The maximum atomic E-state index is 13.1. The van der Waals surface area contributed by atoms with Crippen LogP contribution in [0.2, 0.25) is 0 Å². The van der Waals surface area contributed by atoms with Crippen molar-refractivity contribution in [3.8, 4) is 17.3 Å². The molecule has 0 radical (unpaired) electrons. The van der Waals surface area contributed by atoms with Crippen LogP contribution in [0.15, 0.2) is 42.5 Å². The fourth-order valence-corrected chi connectivity index (χ4v) is 6.17. The highest BCUT2D eigenvalue weighted by Gasteiger charge is 2.36. The van der Waals surface area contributed by atoms with Crippen molar-refractivity contribution in [2.45, 2.75) is 71.0 Å². The number of nitriles is 1. The molecule has 7 heteroatoms. The maximum Gasteiger partial charge on any atom is 0.254 e. The van der Waals surface area contributed by atoms with Crippen LogP contribution in [0, 0.1) is 16.7 Å². The van der Waals surface area contributed by atoms with Gasteiger partial charge in [0, 0.05) is 41.0 Å². The van der Waals surface area contributed by atoms with Gasteiger partial charge in [0.2, 0.25) is 0 Å². The molecule has 2 N–H and O–H groups in total. The lowest BCUT2D eigenvalue weighted by Gasteiger charge is -2.22. The first kappa shape index (κ1) is 23.5. The summed E-state index contributed by atoms with van der Waals surface area (Å²) in [6.07, 6.45) is 5.33. The molecule has 1 saturated carbocycles. The zero-order valence-electron chi connectivity index (χ0n) is 21.4. The van der Waals surface area contributed by atoms with Crippen molar-refractivity contribution >= 4 is 11.8 Å². The summed E-state index contributed by atoms with van der Waals surface area (Å²) in [4.78, 5) is 27.7. The van der Waals surface area contributed by atoms with Gasteiger partial charge >= 0.3 is 0 Å². The van der Waals surface area contributed by atoms with Crippen LogP contribution >= 0.6 is 0 Å². The van der Waals surface area contributed by atoms with Gasteiger partial charge in [-0.15, -0.1) is 0 Å². The molecular formula is C30H31N5O2. The van der Waals surface area contributed by atoms with Crippen molar-refractivity contribution in [2.75, 3.05) is 0 Å². The Balaban J connectivity index is 1.14. The number of nitrogens with one attached hydrogen (secondary N) is 2. The molecule has 1 aliphatic heterocycles. The van der Waals surface area contributed by atoms with Crippen molar-refractivity contribution in [3.05, 3.63) is 76.0 Å². The van der Waals surface area contributed by atoms with E-state index < -0.39 is 5.54 Å². The third-order valence-electron chi connectivity index (χ3n) is 8.13. The van der Waals surface area contributed by atoms with Gasteiger partial charge in [-0.05, 0) is 79.3 Å². The number of rotatable bonds is 5. The Morgan fingerprint density at radius 3 is 2.62 bits per heavy atom. The number of hydrogen-bond acceptors (Lipinski definition) is 4. The monoisotopic (exact) mass is 493 g/mol. The lowest BCUT2D eigenvalue weighted by molar-refractivity contribution is 0.0766. The SMILES string of the molecule is CC1(C)Cc2[nH]nc(-c3ccc4c(c3)CN(Cc3ccc(C(=O)NC5(C#N)CCCC5)cc3)C4=O)c2C1. The topological polar surface area (TPSA) is 102 Å². The van der Waals surface area contributed by atoms with Crippen LogP contribution in [-0.4, -0.2) is 32.5 Å². The summed E-state index contributed by atoms with van der Waals surface area (Å²) in [5.74, 6) is -0.200. The summed E-state index contributed by atoms with van der Waals surface area (Å²) in [5.41, 5.74) is 7.32. The van der Waals surface area contributed by atoms with Gasteiger partial charge in [-0.1, -0.05) is 32.0 Å². The van der Waals surface area contributed by atoms with E-state index in [1.807, 2.05) is 29.2 Å². The van der Waals surface area contributed by atoms with E-state index in [2.05, 4.69) is 41.5 Å². The Labute approximate surface area is 216 Å². The van der Waals surface area contributed by atoms with E-state index in [0.29, 0.717) is 31.5 Å². The van der Waals surface area contributed by atoms with Crippen molar-refractivity contribution in [1.82, 2.24) is 20.4 Å². The first-order valence-electron chi connectivity index (χ1n) is 13.1. The number of benzene rings is 2. The molecule has 0 bridgehead atoms. The van der Waals surface area contributed by atoms with Crippen LogP contribution in [0.5, 0.6) is 0 Å². The first-order chi connectivity index (χ1) is 17.8. The normalized spacial score (nSPS) is 18.9. The molecule has 3 aromatic rings. The largest absolute Gasteiger partial charge is 0.334 e. The molecule has 2 aromatic carbocycles. The highest BCUT2D eigenvalue weighted by Crippen LogP contribution is 2.40. The second-order valence-corrected chi connectivity index (χ2v) is 11.6. The molecule has 2 aliphatic carbocycles. The molecule has 3 aliphatic rings. The fraction of sp³-hybridized carbons (Fsp3) is 0.400. The zero-order valence-corrected chi connectivity index (χ0v) is 21.4. The predicted octanol–water partition coefficient (Wildman–Crippen LogP) is 4.92.